The molecule has 0 aliphatic carbocycles. The number of carbonyl (C=O) groups excluding carboxylic acids is 1. The second-order valence-corrected chi connectivity index (χ2v) is 2.25. The maximum absolute atomic E-state index is 10.8. The molecule has 58 valence electrons. The lowest BCUT2D eigenvalue weighted by atomic mass is 10.3. The Balaban J connectivity index is 3.81. The molecule has 3 N–H and O–H groups in total. The highest BCUT2D eigenvalue weighted by atomic mass is 16.2. The quantitative estimate of drug-likeness (QED) is 0.585. The molecular formula is C7H14N2O. The molecule has 0 aliphatic heterocycles. The van der Waals surface area contributed by atoms with Gasteiger partial charge in [0, 0.05) is 5.70 Å². The van der Waals surface area contributed by atoms with E-state index >= 15 is 0 Å². The Labute approximate surface area is 61.3 Å². The molecule has 0 fully saturated rings. The van der Waals surface area contributed by atoms with E-state index in [1.165, 1.54) is 0 Å². The van der Waals surface area contributed by atoms with E-state index in [2.05, 4.69) is 5.32 Å². The lowest BCUT2D eigenvalue weighted by molar-refractivity contribution is -0.121. The van der Waals surface area contributed by atoms with E-state index in [4.69, 9.17) is 5.73 Å². The first kappa shape index (κ1) is 9.17. The minimum Gasteiger partial charge on any atom is -0.329 e. The smallest absolute Gasteiger partial charge is 0.240 e. The van der Waals surface area contributed by atoms with Gasteiger partial charge in [-0.3, -0.25) is 4.79 Å². The van der Waals surface area contributed by atoms with Gasteiger partial charge < -0.3 is 11.1 Å². The topological polar surface area (TPSA) is 55.1 Å². The third-order valence-corrected chi connectivity index (χ3v) is 1.17. The molecule has 0 saturated heterocycles. The van der Waals surface area contributed by atoms with Crippen LogP contribution in [0.2, 0.25) is 0 Å². The second kappa shape index (κ2) is 4.06. The van der Waals surface area contributed by atoms with E-state index < -0.39 is 6.04 Å². The molecule has 10 heavy (non-hydrogen) atoms. The van der Waals surface area contributed by atoms with Crippen molar-refractivity contribution in [2.24, 2.45) is 5.73 Å². The molecule has 3 heteroatoms. The highest BCUT2D eigenvalue weighted by Crippen LogP contribution is 1.85. The highest BCUT2D eigenvalue weighted by Gasteiger charge is 2.05. The van der Waals surface area contributed by atoms with Crippen LogP contribution in [0.3, 0.4) is 0 Å². The molecule has 0 aromatic rings. The van der Waals surface area contributed by atoms with Crippen molar-refractivity contribution in [3.8, 4) is 0 Å². The van der Waals surface area contributed by atoms with Gasteiger partial charge in [-0.05, 0) is 20.8 Å². The average molecular weight is 142 g/mol. The minimum absolute atomic E-state index is 0.143. The first-order valence-corrected chi connectivity index (χ1v) is 3.27. The zero-order valence-corrected chi connectivity index (χ0v) is 6.64. The summed E-state index contributed by atoms with van der Waals surface area (Å²) in [4.78, 5) is 10.8. The van der Waals surface area contributed by atoms with Crippen LogP contribution in [-0.4, -0.2) is 11.9 Å². The highest BCUT2D eigenvalue weighted by molar-refractivity contribution is 5.82. The fourth-order valence-corrected chi connectivity index (χ4v) is 0.380. The molecule has 0 radical (unpaired) electrons. The van der Waals surface area contributed by atoms with Gasteiger partial charge in [0.25, 0.3) is 0 Å². The van der Waals surface area contributed by atoms with Gasteiger partial charge in [0.05, 0.1) is 6.04 Å². The summed E-state index contributed by atoms with van der Waals surface area (Å²) < 4.78 is 0. The first-order chi connectivity index (χ1) is 4.57. The third-order valence-electron chi connectivity index (χ3n) is 1.17. The summed E-state index contributed by atoms with van der Waals surface area (Å²) >= 11 is 0. The van der Waals surface area contributed by atoms with Crippen LogP contribution in [-0.2, 0) is 4.79 Å². The Morgan fingerprint density at radius 3 is 2.50 bits per heavy atom. The molecule has 3 nitrogen and oxygen atoms in total. The summed E-state index contributed by atoms with van der Waals surface area (Å²) in [5, 5.41) is 2.63. The Hall–Kier alpha value is -0.830. The van der Waals surface area contributed by atoms with Gasteiger partial charge in [-0.15, -0.1) is 0 Å². The van der Waals surface area contributed by atoms with E-state index in [9.17, 15) is 4.79 Å². The summed E-state index contributed by atoms with van der Waals surface area (Å²) in [6, 6.07) is -0.435. The maximum Gasteiger partial charge on any atom is 0.240 e. The molecule has 0 saturated carbocycles. The summed E-state index contributed by atoms with van der Waals surface area (Å²) in [6.45, 7) is 5.33. The lowest BCUT2D eigenvalue weighted by Gasteiger charge is -2.06. The number of nitrogens with one attached hydrogen (secondary N) is 1. The van der Waals surface area contributed by atoms with Gasteiger partial charge in [-0.1, -0.05) is 6.08 Å². The molecular weight excluding hydrogens is 128 g/mol. The molecule has 0 aromatic carbocycles. The zero-order chi connectivity index (χ0) is 8.15. The number of nitrogens with two attached hydrogens (primary N) is 1. The number of allylic oxidation sites excluding steroid dienone is 2. The van der Waals surface area contributed by atoms with Gasteiger partial charge in [-0.25, -0.2) is 0 Å². The fraction of sp³-hybridized carbons (Fsp3) is 0.571. The van der Waals surface area contributed by atoms with Gasteiger partial charge in [0.15, 0.2) is 0 Å². The SMILES string of the molecule is C/C=C(\C)NC(=O)C(C)N. The molecule has 0 rings (SSSR count). The molecule has 0 heterocycles. The third kappa shape index (κ3) is 3.25. The first-order valence-electron chi connectivity index (χ1n) is 3.27. The van der Waals surface area contributed by atoms with Crippen molar-refractivity contribution in [2.75, 3.05) is 0 Å². The molecule has 0 aromatic heterocycles. The van der Waals surface area contributed by atoms with E-state index in [0.717, 1.165) is 5.70 Å². The van der Waals surface area contributed by atoms with Crippen LogP contribution in [0.25, 0.3) is 0 Å². The zero-order valence-electron chi connectivity index (χ0n) is 6.64. The van der Waals surface area contributed by atoms with Crippen LogP contribution in [0.5, 0.6) is 0 Å². The Morgan fingerprint density at radius 1 is 1.70 bits per heavy atom. The molecule has 0 aliphatic rings. The molecule has 1 unspecified atom stereocenters. The van der Waals surface area contributed by atoms with Crippen molar-refractivity contribution >= 4 is 5.91 Å². The van der Waals surface area contributed by atoms with E-state index in [1.807, 2.05) is 19.9 Å². The molecule has 1 amide bonds. The molecule has 0 bridgehead atoms. The van der Waals surface area contributed by atoms with Gasteiger partial charge >= 0.3 is 0 Å². The minimum atomic E-state index is -0.435. The molecule has 0 spiro atoms. The van der Waals surface area contributed by atoms with Gasteiger partial charge in [0.1, 0.15) is 0 Å². The van der Waals surface area contributed by atoms with E-state index in [0.29, 0.717) is 0 Å². The van der Waals surface area contributed by atoms with E-state index in [-0.39, 0.29) is 5.91 Å². The number of amides is 1. The normalized spacial score (nSPS) is 14.6. The summed E-state index contributed by atoms with van der Waals surface area (Å²) in [5.74, 6) is -0.143. The number of rotatable bonds is 2. The van der Waals surface area contributed by atoms with Crippen LogP contribution in [0.4, 0.5) is 0 Å². The maximum atomic E-state index is 10.8. The fourth-order valence-electron chi connectivity index (χ4n) is 0.380. The van der Waals surface area contributed by atoms with Crippen molar-refractivity contribution < 1.29 is 4.79 Å². The summed E-state index contributed by atoms with van der Waals surface area (Å²) in [7, 11) is 0. The lowest BCUT2D eigenvalue weighted by Crippen LogP contribution is -2.37. The van der Waals surface area contributed by atoms with Crippen molar-refractivity contribution in [3.63, 3.8) is 0 Å². The Bertz CT molecular complexity index is 150. The standard InChI is InChI=1S/C7H14N2O/c1-4-5(2)9-7(10)6(3)8/h4,6H,8H2,1-3H3,(H,9,10)/b5-4+. The number of hydrogen-bond acceptors (Lipinski definition) is 2. The Kier molecular flexibility index (Phi) is 3.72. The van der Waals surface area contributed by atoms with Gasteiger partial charge in [0.2, 0.25) is 5.91 Å². The largest absolute Gasteiger partial charge is 0.329 e. The predicted molar refractivity (Wildman–Crippen MR) is 41.2 cm³/mol. The van der Waals surface area contributed by atoms with Crippen LogP contribution in [0, 0.1) is 0 Å². The number of hydrogen-bond donors (Lipinski definition) is 2. The van der Waals surface area contributed by atoms with Crippen LogP contribution < -0.4 is 11.1 Å². The monoisotopic (exact) mass is 142 g/mol. The van der Waals surface area contributed by atoms with Crippen LogP contribution in [0.1, 0.15) is 20.8 Å². The predicted octanol–water partition coefficient (Wildman–Crippen LogP) is 0.373. The number of carbonyl (C=O) groups is 1. The van der Waals surface area contributed by atoms with E-state index in [1.54, 1.807) is 6.92 Å². The van der Waals surface area contributed by atoms with Crippen molar-refractivity contribution in [1.82, 2.24) is 5.32 Å². The second-order valence-electron chi connectivity index (χ2n) is 2.25. The van der Waals surface area contributed by atoms with Crippen molar-refractivity contribution in [3.05, 3.63) is 11.8 Å². The summed E-state index contributed by atoms with van der Waals surface area (Å²) in [5.41, 5.74) is 6.14. The van der Waals surface area contributed by atoms with Gasteiger partial charge in [-0.2, -0.15) is 0 Å². The average Bonchev–Trinajstić information content (AvgIpc) is 1.87. The van der Waals surface area contributed by atoms with Crippen LogP contribution in [0.15, 0.2) is 11.8 Å². The van der Waals surface area contributed by atoms with Crippen molar-refractivity contribution in [2.45, 2.75) is 26.8 Å². The van der Waals surface area contributed by atoms with Crippen molar-refractivity contribution in [1.29, 1.82) is 0 Å². The Morgan fingerprint density at radius 2 is 2.20 bits per heavy atom. The summed E-state index contributed by atoms with van der Waals surface area (Å²) in [6.07, 6.45) is 1.82. The van der Waals surface area contributed by atoms with Crippen LogP contribution >= 0.6 is 0 Å². The molecule has 1 atom stereocenters.